The fourth-order valence-corrected chi connectivity index (χ4v) is 2.58. The van der Waals surface area contributed by atoms with Crippen molar-refractivity contribution in [1.82, 2.24) is 9.78 Å². The summed E-state index contributed by atoms with van der Waals surface area (Å²) < 4.78 is 8.67. The van der Waals surface area contributed by atoms with E-state index in [2.05, 4.69) is 34.0 Å². The van der Waals surface area contributed by atoms with Crippen LogP contribution in [0.2, 0.25) is 0 Å². The van der Waals surface area contributed by atoms with Crippen LogP contribution in [0.25, 0.3) is 0 Å². The summed E-state index contributed by atoms with van der Waals surface area (Å²) in [6, 6.07) is 7.94. The molecule has 0 saturated heterocycles. The largest absolute Gasteiger partial charge is 0.486 e. The number of ether oxygens (including phenoxy) is 1. The Kier molecular flexibility index (Phi) is 4.88. The summed E-state index contributed by atoms with van der Waals surface area (Å²) in [5.41, 5.74) is 3.10. The van der Waals surface area contributed by atoms with E-state index in [9.17, 15) is 0 Å². The zero-order chi connectivity index (χ0) is 13.8. The fourth-order valence-electron chi connectivity index (χ4n) is 1.85. The van der Waals surface area contributed by atoms with Crippen LogP contribution in [-0.4, -0.2) is 9.78 Å². The molecule has 102 valence electrons. The minimum Gasteiger partial charge on any atom is -0.486 e. The lowest BCUT2D eigenvalue weighted by atomic mass is 10.2. The van der Waals surface area contributed by atoms with Crippen molar-refractivity contribution in [3.05, 3.63) is 45.7 Å². The summed E-state index contributed by atoms with van der Waals surface area (Å²) in [5.74, 6) is 1.23. The van der Waals surface area contributed by atoms with Gasteiger partial charge in [0.2, 0.25) is 0 Å². The molecule has 0 bridgehead atoms. The van der Waals surface area contributed by atoms with Crippen molar-refractivity contribution in [2.24, 2.45) is 7.05 Å². The van der Waals surface area contributed by atoms with Crippen LogP contribution in [-0.2, 0) is 26.0 Å². The minimum atomic E-state index is 0.431. The molecule has 5 heteroatoms. The molecule has 0 aliphatic heterocycles. The number of hydrogen-bond acceptors (Lipinski definition) is 2. The molecular weight excluding hydrogens is 328 g/mol. The Morgan fingerprint density at radius 2 is 2.21 bits per heavy atom. The van der Waals surface area contributed by atoms with Gasteiger partial charge in [0.1, 0.15) is 12.4 Å². The van der Waals surface area contributed by atoms with Crippen molar-refractivity contribution >= 4 is 27.5 Å². The first-order valence-corrected chi connectivity index (χ1v) is 7.46. The quantitative estimate of drug-likeness (QED) is 0.765. The Hall–Kier alpha value is -1.00. The van der Waals surface area contributed by atoms with Gasteiger partial charge in [-0.15, -0.1) is 11.6 Å². The second kappa shape index (κ2) is 6.44. The average Bonchev–Trinajstić information content (AvgIpc) is 2.77. The molecule has 0 atom stereocenters. The van der Waals surface area contributed by atoms with E-state index in [-0.39, 0.29) is 0 Å². The molecule has 3 nitrogen and oxygen atoms in total. The Morgan fingerprint density at radius 3 is 2.84 bits per heavy atom. The molecule has 0 radical (unpaired) electrons. The number of halogens is 2. The molecule has 0 unspecified atom stereocenters. The van der Waals surface area contributed by atoms with Gasteiger partial charge in [0.25, 0.3) is 0 Å². The van der Waals surface area contributed by atoms with Gasteiger partial charge in [-0.25, -0.2) is 0 Å². The summed E-state index contributed by atoms with van der Waals surface area (Å²) >= 11 is 9.42. The molecule has 0 spiro atoms. The standard InChI is InChI=1S/C14H16BrClN2O/c1-3-11-7-12(18(2)17-11)9-19-14-10(8-16)5-4-6-13(14)15/h4-7H,3,8-9H2,1-2H3. The van der Waals surface area contributed by atoms with Crippen LogP contribution in [0, 0.1) is 0 Å². The first-order valence-electron chi connectivity index (χ1n) is 6.13. The molecule has 0 amide bonds. The molecule has 19 heavy (non-hydrogen) atoms. The van der Waals surface area contributed by atoms with Gasteiger partial charge in [0.05, 0.1) is 21.7 Å². The SMILES string of the molecule is CCc1cc(COc2c(Br)cccc2CCl)n(C)n1. The van der Waals surface area contributed by atoms with Crippen LogP contribution in [0.3, 0.4) is 0 Å². The smallest absolute Gasteiger partial charge is 0.138 e. The van der Waals surface area contributed by atoms with Gasteiger partial charge < -0.3 is 4.74 Å². The van der Waals surface area contributed by atoms with Crippen molar-refractivity contribution < 1.29 is 4.74 Å². The molecule has 2 rings (SSSR count). The van der Waals surface area contributed by atoms with Crippen molar-refractivity contribution in [3.8, 4) is 5.75 Å². The Bertz CT molecular complexity index is 569. The minimum absolute atomic E-state index is 0.431. The summed E-state index contributed by atoms with van der Waals surface area (Å²) in [4.78, 5) is 0. The third-order valence-corrected chi connectivity index (χ3v) is 3.86. The van der Waals surface area contributed by atoms with Crippen molar-refractivity contribution in [2.75, 3.05) is 0 Å². The van der Waals surface area contributed by atoms with Gasteiger partial charge in [-0.2, -0.15) is 5.10 Å². The summed E-state index contributed by atoms with van der Waals surface area (Å²) in [6.07, 6.45) is 0.926. The monoisotopic (exact) mass is 342 g/mol. The average molecular weight is 344 g/mol. The third-order valence-electron chi connectivity index (χ3n) is 2.95. The number of nitrogens with zero attached hydrogens (tertiary/aromatic N) is 2. The highest BCUT2D eigenvalue weighted by molar-refractivity contribution is 9.10. The molecule has 1 aromatic heterocycles. The second-order valence-corrected chi connectivity index (χ2v) is 5.38. The van der Waals surface area contributed by atoms with Gasteiger partial charge >= 0.3 is 0 Å². The number of benzene rings is 1. The van der Waals surface area contributed by atoms with E-state index < -0.39 is 0 Å². The number of aromatic nitrogens is 2. The number of rotatable bonds is 5. The molecule has 0 fully saturated rings. The van der Waals surface area contributed by atoms with E-state index in [1.807, 2.05) is 29.9 Å². The van der Waals surface area contributed by atoms with Crippen LogP contribution in [0.1, 0.15) is 23.9 Å². The third kappa shape index (κ3) is 3.31. The maximum Gasteiger partial charge on any atom is 0.138 e. The van der Waals surface area contributed by atoms with E-state index in [4.69, 9.17) is 16.3 Å². The summed E-state index contributed by atoms with van der Waals surface area (Å²) in [6.45, 7) is 2.57. The van der Waals surface area contributed by atoms with Gasteiger partial charge in [0.15, 0.2) is 0 Å². The predicted octanol–water partition coefficient (Wildman–Crippen LogP) is 4.06. The molecule has 0 saturated carbocycles. The van der Waals surface area contributed by atoms with Gasteiger partial charge in [-0.05, 0) is 34.5 Å². The van der Waals surface area contributed by atoms with E-state index in [1.54, 1.807) is 0 Å². The number of alkyl halides is 1. The van der Waals surface area contributed by atoms with Gasteiger partial charge in [-0.1, -0.05) is 19.1 Å². The highest BCUT2D eigenvalue weighted by Gasteiger charge is 2.10. The molecule has 2 aromatic rings. The second-order valence-electron chi connectivity index (χ2n) is 4.25. The normalized spacial score (nSPS) is 10.7. The van der Waals surface area contributed by atoms with E-state index in [1.165, 1.54) is 0 Å². The molecule has 1 aromatic carbocycles. The zero-order valence-electron chi connectivity index (χ0n) is 11.0. The Labute approximate surface area is 126 Å². The van der Waals surface area contributed by atoms with Crippen molar-refractivity contribution in [1.29, 1.82) is 0 Å². The first kappa shape index (κ1) is 14.4. The molecule has 0 aliphatic carbocycles. The zero-order valence-corrected chi connectivity index (χ0v) is 13.3. The van der Waals surface area contributed by atoms with E-state index in [0.717, 1.165) is 33.6 Å². The lowest BCUT2D eigenvalue weighted by Crippen LogP contribution is -2.04. The Balaban J connectivity index is 2.16. The topological polar surface area (TPSA) is 27.1 Å². The molecule has 0 N–H and O–H groups in total. The first-order chi connectivity index (χ1) is 9.15. The highest BCUT2D eigenvalue weighted by atomic mass is 79.9. The van der Waals surface area contributed by atoms with Crippen molar-refractivity contribution in [2.45, 2.75) is 25.8 Å². The van der Waals surface area contributed by atoms with Gasteiger partial charge in [-0.3, -0.25) is 4.68 Å². The summed E-state index contributed by atoms with van der Waals surface area (Å²) in [5, 5.41) is 4.41. The van der Waals surface area contributed by atoms with Crippen LogP contribution in [0.15, 0.2) is 28.7 Å². The summed E-state index contributed by atoms with van der Waals surface area (Å²) in [7, 11) is 1.93. The van der Waals surface area contributed by atoms with E-state index in [0.29, 0.717) is 12.5 Å². The predicted molar refractivity (Wildman–Crippen MR) is 80.6 cm³/mol. The molecular formula is C14H16BrClN2O. The highest BCUT2D eigenvalue weighted by Crippen LogP contribution is 2.30. The molecule has 0 aliphatic rings. The van der Waals surface area contributed by atoms with Crippen molar-refractivity contribution in [3.63, 3.8) is 0 Å². The fraction of sp³-hybridized carbons (Fsp3) is 0.357. The number of para-hydroxylation sites is 1. The lowest BCUT2D eigenvalue weighted by molar-refractivity contribution is 0.291. The van der Waals surface area contributed by atoms with Crippen LogP contribution in [0.4, 0.5) is 0 Å². The maximum absolute atomic E-state index is 5.93. The maximum atomic E-state index is 5.93. The van der Waals surface area contributed by atoms with Crippen LogP contribution in [0.5, 0.6) is 5.75 Å². The lowest BCUT2D eigenvalue weighted by Gasteiger charge is -2.11. The van der Waals surface area contributed by atoms with Crippen LogP contribution >= 0.6 is 27.5 Å². The van der Waals surface area contributed by atoms with Crippen LogP contribution < -0.4 is 4.74 Å². The molecule has 1 heterocycles. The van der Waals surface area contributed by atoms with E-state index >= 15 is 0 Å². The number of hydrogen-bond donors (Lipinski definition) is 0. The van der Waals surface area contributed by atoms with Gasteiger partial charge in [0, 0.05) is 12.6 Å². The number of aryl methyl sites for hydroxylation is 2. The Morgan fingerprint density at radius 1 is 1.42 bits per heavy atom.